The highest BCUT2D eigenvalue weighted by Gasteiger charge is 2.47. The van der Waals surface area contributed by atoms with Crippen LogP contribution >= 0.6 is 0 Å². The zero-order valence-corrected chi connectivity index (χ0v) is 18.7. The lowest BCUT2D eigenvalue weighted by atomic mass is 9.88. The Morgan fingerprint density at radius 1 is 1.17 bits per heavy atom. The highest BCUT2D eigenvalue weighted by molar-refractivity contribution is 5.98. The monoisotopic (exact) mass is 496 g/mol. The second kappa shape index (κ2) is 9.50. The molecule has 1 amide bonds. The Hall–Kier alpha value is -3.71. The molecule has 1 aliphatic rings. The van der Waals surface area contributed by atoms with Crippen molar-refractivity contribution in [3.63, 3.8) is 0 Å². The normalized spacial score (nSPS) is 19.7. The third-order valence-corrected chi connectivity index (χ3v) is 5.63. The summed E-state index contributed by atoms with van der Waals surface area (Å²) in [7, 11) is 1.54. The van der Waals surface area contributed by atoms with Crippen LogP contribution in [-0.4, -0.2) is 65.6 Å². The van der Waals surface area contributed by atoms with E-state index in [1.54, 1.807) is 6.92 Å². The molecular weight excluding hydrogens is 475 g/mol. The van der Waals surface area contributed by atoms with E-state index >= 15 is 0 Å². The van der Waals surface area contributed by atoms with Crippen molar-refractivity contribution in [2.24, 2.45) is 13.0 Å². The third-order valence-electron chi connectivity index (χ3n) is 5.63. The number of anilines is 1. The molecule has 1 unspecified atom stereocenters. The average molecular weight is 496 g/mol. The number of piperidine rings is 1. The number of aryl methyl sites for hydroxylation is 1. The predicted octanol–water partition coefficient (Wildman–Crippen LogP) is 3.34. The third kappa shape index (κ3) is 5.35. The van der Waals surface area contributed by atoms with Crippen LogP contribution in [0.4, 0.5) is 27.9 Å². The SMILES string of the molecule is C[C@@H]1CC(F)(F)CN(C(=O)c2nn(C)cc2-c2ncc(F)cn2)C1CNc1ncc(C(F)F)cn1. The smallest absolute Gasteiger partial charge is 0.275 e. The molecule has 1 fully saturated rings. The number of hydrogen-bond donors (Lipinski definition) is 1. The van der Waals surface area contributed by atoms with Crippen LogP contribution in [0.5, 0.6) is 0 Å². The zero-order chi connectivity index (χ0) is 25.3. The minimum absolute atomic E-state index is 0.00771. The minimum Gasteiger partial charge on any atom is -0.352 e. The second-order valence-electron chi connectivity index (χ2n) is 8.35. The van der Waals surface area contributed by atoms with Crippen LogP contribution in [0.1, 0.15) is 35.8 Å². The van der Waals surface area contributed by atoms with Crippen LogP contribution < -0.4 is 5.32 Å². The number of alkyl halides is 4. The van der Waals surface area contributed by atoms with Crippen molar-refractivity contribution in [2.45, 2.75) is 31.7 Å². The number of likely N-dealkylation sites (tertiary alicyclic amines) is 1. The van der Waals surface area contributed by atoms with Gasteiger partial charge in [-0.3, -0.25) is 9.48 Å². The van der Waals surface area contributed by atoms with Gasteiger partial charge in [0.25, 0.3) is 18.3 Å². The summed E-state index contributed by atoms with van der Waals surface area (Å²) in [5.41, 5.74) is -0.355. The number of carbonyl (C=O) groups is 1. The van der Waals surface area contributed by atoms with Crippen molar-refractivity contribution in [1.82, 2.24) is 34.6 Å². The predicted molar refractivity (Wildman–Crippen MR) is 113 cm³/mol. The first kappa shape index (κ1) is 24.4. The van der Waals surface area contributed by atoms with Crippen molar-refractivity contribution in [1.29, 1.82) is 0 Å². The highest BCUT2D eigenvalue weighted by Crippen LogP contribution is 2.36. The average Bonchev–Trinajstić information content (AvgIpc) is 3.19. The minimum atomic E-state index is -3.14. The van der Waals surface area contributed by atoms with Gasteiger partial charge in [0.15, 0.2) is 17.3 Å². The van der Waals surface area contributed by atoms with Crippen molar-refractivity contribution in [3.05, 3.63) is 48.1 Å². The summed E-state index contributed by atoms with van der Waals surface area (Å²) in [5, 5.41) is 6.96. The zero-order valence-electron chi connectivity index (χ0n) is 18.7. The van der Waals surface area contributed by atoms with Crippen LogP contribution in [0.2, 0.25) is 0 Å². The van der Waals surface area contributed by atoms with Gasteiger partial charge in [0, 0.05) is 38.6 Å². The number of amides is 1. The number of halogens is 5. The number of nitrogens with zero attached hydrogens (tertiary/aromatic N) is 7. The molecule has 0 spiro atoms. The molecule has 2 atom stereocenters. The lowest BCUT2D eigenvalue weighted by Crippen LogP contribution is -2.57. The fourth-order valence-electron chi connectivity index (χ4n) is 4.01. The molecule has 1 aliphatic heterocycles. The second-order valence-corrected chi connectivity index (χ2v) is 8.35. The van der Waals surface area contributed by atoms with Crippen LogP contribution in [-0.2, 0) is 7.05 Å². The fraction of sp³-hybridized carbons (Fsp3) is 0.429. The first-order chi connectivity index (χ1) is 16.5. The Morgan fingerprint density at radius 3 is 2.46 bits per heavy atom. The molecule has 1 saturated heterocycles. The van der Waals surface area contributed by atoms with Gasteiger partial charge in [-0.2, -0.15) is 5.10 Å². The molecule has 0 aromatic carbocycles. The molecule has 3 aromatic heterocycles. The largest absolute Gasteiger partial charge is 0.352 e. The lowest BCUT2D eigenvalue weighted by Gasteiger charge is -2.43. The number of carbonyl (C=O) groups excluding carboxylic acids is 1. The number of aromatic nitrogens is 6. The summed E-state index contributed by atoms with van der Waals surface area (Å²) in [6.45, 7) is 0.725. The van der Waals surface area contributed by atoms with Crippen LogP contribution in [0.25, 0.3) is 11.4 Å². The fourth-order valence-corrected chi connectivity index (χ4v) is 4.01. The van der Waals surface area contributed by atoms with Crippen molar-refractivity contribution < 1.29 is 26.7 Å². The van der Waals surface area contributed by atoms with E-state index in [1.165, 1.54) is 17.9 Å². The summed E-state index contributed by atoms with van der Waals surface area (Å²) in [4.78, 5) is 29.9. The Bertz CT molecular complexity index is 1190. The number of hydrogen-bond acceptors (Lipinski definition) is 7. The van der Waals surface area contributed by atoms with E-state index in [0.29, 0.717) is 0 Å². The van der Waals surface area contributed by atoms with Crippen LogP contribution in [0.15, 0.2) is 31.0 Å². The van der Waals surface area contributed by atoms with E-state index in [9.17, 15) is 26.7 Å². The maximum Gasteiger partial charge on any atom is 0.275 e. The topological polar surface area (TPSA) is 102 Å². The Balaban J connectivity index is 1.61. The molecule has 14 heteroatoms. The molecule has 186 valence electrons. The van der Waals surface area contributed by atoms with E-state index in [0.717, 1.165) is 29.7 Å². The maximum absolute atomic E-state index is 14.5. The summed E-state index contributed by atoms with van der Waals surface area (Å²) in [6.07, 6.45) is 2.03. The maximum atomic E-state index is 14.5. The van der Waals surface area contributed by atoms with Gasteiger partial charge in [-0.15, -0.1) is 0 Å². The van der Waals surface area contributed by atoms with Gasteiger partial charge in [0.2, 0.25) is 5.95 Å². The van der Waals surface area contributed by atoms with Crippen LogP contribution in [0.3, 0.4) is 0 Å². The molecular formula is C21H21F5N8O. The number of rotatable bonds is 6. The molecule has 0 radical (unpaired) electrons. The number of nitrogens with one attached hydrogen (secondary N) is 1. The van der Waals surface area contributed by atoms with Crippen molar-refractivity contribution in [2.75, 3.05) is 18.4 Å². The van der Waals surface area contributed by atoms with Gasteiger partial charge < -0.3 is 10.2 Å². The van der Waals surface area contributed by atoms with Gasteiger partial charge in [-0.05, 0) is 5.92 Å². The molecule has 0 bridgehead atoms. The van der Waals surface area contributed by atoms with Crippen LogP contribution in [0, 0.1) is 11.7 Å². The quantitative estimate of drug-likeness (QED) is 0.523. The van der Waals surface area contributed by atoms with Gasteiger partial charge in [0.1, 0.15) is 0 Å². The summed E-state index contributed by atoms with van der Waals surface area (Å²) in [6, 6.07) is -0.718. The van der Waals surface area contributed by atoms with Gasteiger partial charge in [-0.1, -0.05) is 6.92 Å². The highest BCUT2D eigenvalue weighted by atomic mass is 19.3. The molecule has 4 heterocycles. The summed E-state index contributed by atoms with van der Waals surface area (Å²) >= 11 is 0. The molecule has 0 aliphatic carbocycles. The lowest BCUT2D eigenvalue weighted by molar-refractivity contribution is -0.0898. The molecule has 35 heavy (non-hydrogen) atoms. The van der Waals surface area contributed by atoms with E-state index < -0.39 is 49.0 Å². The molecule has 1 N–H and O–H groups in total. The van der Waals surface area contributed by atoms with Crippen molar-refractivity contribution >= 4 is 11.9 Å². The first-order valence-corrected chi connectivity index (χ1v) is 10.6. The van der Waals surface area contributed by atoms with Crippen molar-refractivity contribution in [3.8, 4) is 11.4 Å². The summed E-state index contributed by atoms with van der Waals surface area (Å²) in [5.74, 6) is -5.19. The standard InChI is InChI=1S/C21H21F5N8O/c1-11-3-21(25,26)10-34(15(11)8-31-20-29-4-12(5-30-20)17(23)24)19(35)16-14(9-33(2)32-16)18-27-6-13(22)7-28-18/h4-7,9,11,15,17H,3,8,10H2,1-2H3,(H,29,30,31)/t11-,15?/m1/s1. The Morgan fingerprint density at radius 2 is 1.83 bits per heavy atom. The summed E-state index contributed by atoms with van der Waals surface area (Å²) < 4.78 is 69.0. The van der Waals surface area contributed by atoms with Gasteiger partial charge >= 0.3 is 0 Å². The van der Waals surface area contributed by atoms with E-state index in [4.69, 9.17) is 0 Å². The van der Waals surface area contributed by atoms with Gasteiger partial charge in [0.05, 0.1) is 36.1 Å². The van der Waals surface area contributed by atoms with E-state index in [1.807, 2.05) is 0 Å². The Labute approximate surface area is 196 Å². The molecule has 0 saturated carbocycles. The Kier molecular flexibility index (Phi) is 6.63. The van der Waals surface area contributed by atoms with Gasteiger partial charge in [-0.25, -0.2) is 41.9 Å². The molecule has 9 nitrogen and oxygen atoms in total. The molecule has 3 aromatic rings. The van der Waals surface area contributed by atoms with E-state index in [-0.39, 0.29) is 35.1 Å². The first-order valence-electron chi connectivity index (χ1n) is 10.6. The molecule has 4 rings (SSSR count). The van der Waals surface area contributed by atoms with E-state index in [2.05, 4.69) is 30.4 Å².